The molecule has 1 fully saturated rings. The molecule has 1 unspecified atom stereocenters. The number of hydrogen-bond donors (Lipinski definition) is 0. The number of carbonyl (C=O) groups is 1. The van der Waals surface area contributed by atoms with Gasteiger partial charge in [0, 0.05) is 30.1 Å². The van der Waals surface area contributed by atoms with Crippen molar-refractivity contribution in [3.8, 4) is 28.7 Å². The van der Waals surface area contributed by atoms with Crippen LogP contribution in [0.15, 0.2) is 47.0 Å². The van der Waals surface area contributed by atoms with Gasteiger partial charge in [0.15, 0.2) is 17.3 Å². The van der Waals surface area contributed by atoms with Crippen LogP contribution in [0.25, 0.3) is 11.5 Å². The number of methoxy groups -OCH3 is 3. The highest BCUT2D eigenvalue weighted by Gasteiger charge is 2.34. The summed E-state index contributed by atoms with van der Waals surface area (Å²) < 4.78 is 21.2. The summed E-state index contributed by atoms with van der Waals surface area (Å²) in [5.74, 6) is 2.71. The van der Waals surface area contributed by atoms with Crippen molar-refractivity contribution in [2.45, 2.75) is 12.3 Å². The number of ether oxygens (including phenoxy) is 3. The van der Waals surface area contributed by atoms with Crippen LogP contribution in [0.5, 0.6) is 17.2 Å². The summed E-state index contributed by atoms with van der Waals surface area (Å²) in [5.41, 5.74) is 1.54. The zero-order valence-corrected chi connectivity index (χ0v) is 16.4. The molecule has 0 spiro atoms. The van der Waals surface area contributed by atoms with Gasteiger partial charge >= 0.3 is 0 Å². The summed E-state index contributed by atoms with van der Waals surface area (Å²) in [6.45, 7) is 0.496. The quantitative estimate of drug-likeness (QED) is 0.633. The Hall–Kier alpha value is -3.55. The molecule has 1 aromatic heterocycles. The van der Waals surface area contributed by atoms with Crippen LogP contribution in [0.4, 0.5) is 5.69 Å². The first-order chi connectivity index (χ1) is 14.1. The third-order valence-electron chi connectivity index (χ3n) is 4.95. The van der Waals surface area contributed by atoms with E-state index in [0.717, 1.165) is 17.0 Å². The lowest BCUT2D eigenvalue weighted by Crippen LogP contribution is -2.24. The summed E-state index contributed by atoms with van der Waals surface area (Å²) in [7, 11) is 4.76. The van der Waals surface area contributed by atoms with E-state index in [2.05, 4.69) is 10.1 Å². The highest BCUT2D eigenvalue weighted by Crippen LogP contribution is 2.34. The van der Waals surface area contributed by atoms with E-state index < -0.39 is 0 Å². The van der Waals surface area contributed by atoms with E-state index in [1.54, 1.807) is 38.4 Å². The standard InChI is InChI=1S/C21H21N3O5/c1-26-16-7-5-15(6-8-16)24-12-14(11-19(24)25)20-22-21(29-23-20)13-4-9-17(27-2)18(10-13)28-3/h4-10,14H,11-12H2,1-3H3. The van der Waals surface area contributed by atoms with Crippen molar-refractivity contribution in [3.63, 3.8) is 0 Å². The summed E-state index contributed by atoms with van der Waals surface area (Å²) >= 11 is 0. The molecule has 8 nitrogen and oxygen atoms in total. The minimum absolute atomic E-state index is 0.0256. The average molecular weight is 395 g/mol. The van der Waals surface area contributed by atoms with Crippen LogP contribution >= 0.6 is 0 Å². The topological polar surface area (TPSA) is 86.9 Å². The van der Waals surface area contributed by atoms with E-state index in [0.29, 0.717) is 36.2 Å². The molecule has 1 aliphatic rings. The van der Waals surface area contributed by atoms with E-state index in [-0.39, 0.29) is 11.8 Å². The number of aromatic nitrogens is 2. The first kappa shape index (κ1) is 18.8. The number of amides is 1. The second-order valence-corrected chi connectivity index (χ2v) is 6.63. The highest BCUT2D eigenvalue weighted by molar-refractivity contribution is 5.96. The number of carbonyl (C=O) groups excluding carboxylic acids is 1. The monoisotopic (exact) mass is 395 g/mol. The lowest BCUT2D eigenvalue weighted by Gasteiger charge is -2.16. The highest BCUT2D eigenvalue weighted by atomic mass is 16.5. The van der Waals surface area contributed by atoms with Gasteiger partial charge in [-0.15, -0.1) is 0 Å². The van der Waals surface area contributed by atoms with Gasteiger partial charge in [-0.1, -0.05) is 5.16 Å². The fourth-order valence-corrected chi connectivity index (χ4v) is 3.38. The maximum Gasteiger partial charge on any atom is 0.258 e. The van der Waals surface area contributed by atoms with E-state index in [1.165, 1.54) is 0 Å². The largest absolute Gasteiger partial charge is 0.497 e. The second-order valence-electron chi connectivity index (χ2n) is 6.63. The third kappa shape index (κ3) is 3.61. The van der Waals surface area contributed by atoms with Crippen molar-refractivity contribution in [1.29, 1.82) is 0 Å². The molecule has 0 aliphatic carbocycles. The molecule has 1 atom stereocenters. The summed E-state index contributed by atoms with van der Waals surface area (Å²) in [4.78, 5) is 18.8. The summed E-state index contributed by atoms with van der Waals surface area (Å²) in [5, 5.41) is 4.11. The summed E-state index contributed by atoms with van der Waals surface area (Å²) in [6, 6.07) is 12.8. The zero-order chi connectivity index (χ0) is 20.4. The second kappa shape index (κ2) is 7.83. The Labute approximate surface area is 168 Å². The van der Waals surface area contributed by atoms with Gasteiger partial charge in [0.1, 0.15) is 5.75 Å². The van der Waals surface area contributed by atoms with Gasteiger partial charge in [0.05, 0.1) is 21.3 Å². The number of anilines is 1. The van der Waals surface area contributed by atoms with Crippen molar-refractivity contribution in [2.75, 3.05) is 32.8 Å². The molecule has 29 heavy (non-hydrogen) atoms. The molecule has 1 amide bonds. The first-order valence-electron chi connectivity index (χ1n) is 9.13. The molecule has 0 radical (unpaired) electrons. The molecule has 3 aromatic rings. The average Bonchev–Trinajstić information content (AvgIpc) is 3.40. The fraction of sp³-hybridized carbons (Fsp3) is 0.286. The normalized spacial score (nSPS) is 16.2. The minimum atomic E-state index is -0.137. The number of benzene rings is 2. The first-order valence-corrected chi connectivity index (χ1v) is 9.13. The lowest BCUT2D eigenvalue weighted by atomic mass is 10.1. The predicted octanol–water partition coefficient (Wildman–Crippen LogP) is 3.28. The maximum absolute atomic E-state index is 12.5. The van der Waals surface area contributed by atoms with Crippen LogP contribution in [0.1, 0.15) is 18.2 Å². The Morgan fingerprint density at radius 3 is 2.45 bits per heavy atom. The molecule has 0 saturated carbocycles. The van der Waals surface area contributed by atoms with Crippen LogP contribution in [0.2, 0.25) is 0 Å². The molecule has 4 rings (SSSR count). The van der Waals surface area contributed by atoms with E-state index in [1.807, 2.05) is 30.3 Å². The fourth-order valence-electron chi connectivity index (χ4n) is 3.38. The molecule has 1 aliphatic heterocycles. The molecule has 2 heterocycles. The maximum atomic E-state index is 12.5. The van der Waals surface area contributed by atoms with Crippen molar-refractivity contribution < 1.29 is 23.5 Å². The number of nitrogens with zero attached hydrogens (tertiary/aromatic N) is 3. The molecule has 8 heteroatoms. The van der Waals surface area contributed by atoms with Gasteiger partial charge in [-0.25, -0.2) is 0 Å². The molecule has 1 saturated heterocycles. The Balaban J connectivity index is 1.53. The number of hydrogen-bond acceptors (Lipinski definition) is 7. The minimum Gasteiger partial charge on any atom is -0.497 e. The van der Waals surface area contributed by atoms with Gasteiger partial charge in [-0.05, 0) is 42.5 Å². The third-order valence-corrected chi connectivity index (χ3v) is 4.95. The molecule has 150 valence electrons. The number of rotatable bonds is 6. The van der Waals surface area contributed by atoms with E-state index in [9.17, 15) is 4.79 Å². The van der Waals surface area contributed by atoms with Gasteiger partial charge in [-0.3, -0.25) is 4.79 Å². The molecule has 0 N–H and O–H groups in total. The zero-order valence-electron chi connectivity index (χ0n) is 16.4. The van der Waals surface area contributed by atoms with Crippen molar-refractivity contribution in [3.05, 3.63) is 48.3 Å². The van der Waals surface area contributed by atoms with Crippen LogP contribution < -0.4 is 19.1 Å². The summed E-state index contributed by atoms with van der Waals surface area (Å²) in [6.07, 6.45) is 0.330. The molecular formula is C21H21N3O5. The smallest absolute Gasteiger partial charge is 0.258 e. The van der Waals surface area contributed by atoms with E-state index >= 15 is 0 Å². The van der Waals surface area contributed by atoms with E-state index in [4.69, 9.17) is 18.7 Å². The van der Waals surface area contributed by atoms with Crippen molar-refractivity contribution in [2.24, 2.45) is 0 Å². The van der Waals surface area contributed by atoms with Gasteiger partial charge in [-0.2, -0.15) is 4.98 Å². The van der Waals surface area contributed by atoms with Gasteiger partial charge in [0.25, 0.3) is 5.89 Å². The Kier molecular flexibility index (Phi) is 5.07. The molecule has 0 bridgehead atoms. The predicted molar refractivity (Wildman–Crippen MR) is 106 cm³/mol. The van der Waals surface area contributed by atoms with Gasteiger partial charge in [0.2, 0.25) is 5.91 Å². The Morgan fingerprint density at radius 1 is 1.00 bits per heavy atom. The van der Waals surface area contributed by atoms with Crippen LogP contribution in [-0.2, 0) is 4.79 Å². The Bertz CT molecular complexity index is 1020. The lowest BCUT2D eigenvalue weighted by molar-refractivity contribution is -0.117. The van der Waals surface area contributed by atoms with Crippen LogP contribution in [0, 0.1) is 0 Å². The van der Waals surface area contributed by atoms with Crippen LogP contribution in [-0.4, -0.2) is 43.9 Å². The SMILES string of the molecule is COc1ccc(N2CC(c3noc(-c4ccc(OC)c(OC)c4)n3)CC2=O)cc1. The van der Waals surface area contributed by atoms with Crippen molar-refractivity contribution in [1.82, 2.24) is 10.1 Å². The van der Waals surface area contributed by atoms with Crippen LogP contribution in [0.3, 0.4) is 0 Å². The van der Waals surface area contributed by atoms with Gasteiger partial charge < -0.3 is 23.6 Å². The Morgan fingerprint density at radius 2 is 1.76 bits per heavy atom. The molecule has 2 aromatic carbocycles. The molecular weight excluding hydrogens is 374 g/mol. The van der Waals surface area contributed by atoms with Crippen molar-refractivity contribution >= 4 is 11.6 Å².